The zero-order valence-electron chi connectivity index (χ0n) is 17.5. The van der Waals surface area contributed by atoms with Gasteiger partial charge in [0.2, 0.25) is 0 Å². The van der Waals surface area contributed by atoms with E-state index in [1.807, 2.05) is 29.2 Å². The number of hydroxylamine groups is 2. The molecule has 0 saturated carbocycles. The van der Waals surface area contributed by atoms with Crippen LogP contribution in [0.3, 0.4) is 0 Å². The highest BCUT2D eigenvalue weighted by Gasteiger charge is 2.18. The van der Waals surface area contributed by atoms with Gasteiger partial charge in [-0.1, -0.05) is 45.0 Å². The van der Waals surface area contributed by atoms with Gasteiger partial charge in [-0.25, -0.2) is 5.06 Å². The first-order valence-corrected chi connectivity index (χ1v) is 10.1. The Balaban J connectivity index is 1.52. The number of nitrogens with zero attached hydrogens (tertiary/aromatic N) is 2. The third-order valence-corrected chi connectivity index (χ3v) is 5.08. The summed E-state index contributed by atoms with van der Waals surface area (Å²) in [4.78, 5) is 14.2. The topological polar surface area (TPSA) is 65.0 Å². The number of ether oxygens (including phenoxy) is 1. The molecule has 0 aliphatic carbocycles. The van der Waals surface area contributed by atoms with E-state index in [0.717, 1.165) is 35.1 Å². The van der Waals surface area contributed by atoms with Gasteiger partial charge in [0.25, 0.3) is 5.91 Å². The normalized spacial score (nSPS) is 15.2. The van der Waals surface area contributed by atoms with E-state index in [9.17, 15) is 10.0 Å². The summed E-state index contributed by atoms with van der Waals surface area (Å²) in [5.74, 6) is -0.298. The minimum atomic E-state index is -0.298. The average Bonchev–Trinajstić information content (AvgIpc) is 2.70. The van der Waals surface area contributed by atoms with Crippen LogP contribution in [-0.2, 0) is 21.5 Å². The quantitative estimate of drug-likeness (QED) is 0.574. The minimum absolute atomic E-state index is 0.134. The van der Waals surface area contributed by atoms with Gasteiger partial charge in [0, 0.05) is 24.5 Å². The Labute approximate surface area is 173 Å². The number of amides is 1. The van der Waals surface area contributed by atoms with Gasteiger partial charge in [-0.05, 0) is 40.8 Å². The van der Waals surface area contributed by atoms with Crippen LogP contribution in [0.1, 0.15) is 31.9 Å². The SMILES string of the molecule is CC(C)(C)c1ccc(Nc2ccc(CN(O)C(=O)CN3CCOCC3)cc2)cc1. The molecule has 2 aromatic rings. The van der Waals surface area contributed by atoms with Crippen LogP contribution in [0.2, 0.25) is 0 Å². The van der Waals surface area contributed by atoms with Crippen molar-refractivity contribution in [2.75, 3.05) is 38.2 Å². The average molecular weight is 398 g/mol. The fraction of sp³-hybridized carbons (Fsp3) is 0.435. The summed E-state index contributed by atoms with van der Waals surface area (Å²) in [7, 11) is 0. The second-order valence-corrected chi connectivity index (χ2v) is 8.49. The molecule has 1 amide bonds. The fourth-order valence-corrected chi connectivity index (χ4v) is 3.21. The van der Waals surface area contributed by atoms with E-state index in [0.29, 0.717) is 13.2 Å². The van der Waals surface area contributed by atoms with Crippen molar-refractivity contribution in [3.05, 3.63) is 59.7 Å². The number of nitrogens with one attached hydrogen (secondary N) is 1. The minimum Gasteiger partial charge on any atom is -0.379 e. The predicted octanol–water partition coefficient (Wildman–Crippen LogP) is 3.78. The molecule has 1 aliphatic heterocycles. The van der Waals surface area contributed by atoms with Crippen molar-refractivity contribution in [1.82, 2.24) is 9.96 Å². The van der Waals surface area contributed by atoms with Gasteiger partial charge in [0.05, 0.1) is 26.3 Å². The molecule has 1 saturated heterocycles. The van der Waals surface area contributed by atoms with Crippen LogP contribution >= 0.6 is 0 Å². The highest BCUT2D eigenvalue weighted by molar-refractivity contribution is 5.77. The van der Waals surface area contributed by atoms with Gasteiger partial charge < -0.3 is 10.1 Å². The van der Waals surface area contributed by atoms with Crippen LogP contribution in [0, 0.1) is 0 Å². The zero-order chi connectivity index (χ0) is 20.9. The molecule has 0 atom stereocenters. The van der Waals surface area contributed by atoms with Gasteiger partial charge in [-0.3, -0.25) is 14.9 Å². The summed E-state index contributed by atoms with van der Waals surface area (Å²) in [6.45, 7) is 9.68. The molecule has 0 aromatic heterocycles. The molecule has 1 heterocycles. The second kappa shape index (κ2) is 9.39. The summed E-state index contributed by atoms with van der Waals surface area (Å²) in [5, 5.41) is 14.3. The molecule has 2 N–H and O–H groups in total. The van der Waals surface area contributed by atoms with Crippen LogP contribution in [0.25, 0.3) is 0 Å². The number of carbonyl (C=O) groups excluding carboxylic acids is 1. The Kier molecular flexibility index (Phi) is 6.90. The highest BCUT2D eigenvalue weighted by atomic mass is 16.5. The van der Waals surface area contributed by atoms with Crippen molar-refractivity contribution >= 4 is 17.3 Å². The first-order valence-electron chi connectivity index (χ1n) is 10.1. The van der Waals surface area contributed by atoms with Gasteiger partial charge in [-0.15, -0.1) is 0 Å². The zero-order valence-corrected chi connectivity index (χ0v) is 17.5. The van der Waals surface area contributed by atoms with E-state index in [1.165, 1.54) is 5.56 Å². The number of hydrogen-bond acceptors (Lipinski definition) is 5. The molecule has 0 bridgehead atoms. The Hall–Kier alpha value is -2.41. The van der Waals surface area contributed by atoms with Crippen LogP contribution in [0.15, 0.2) is 48.5 Å². The van der Waals surface area contributed by atoms with Crippen molar-refractivity contribution < 1.29 is 14.7 Å². The number of rotatable bonds is 6. The maximum absolute atomic E-state index is 12.2. The Morgan fingerprint density at radius 2 is 1.59 bits per heavy atom. The molecular formula is C23H31N3O3. The Bertz CT molecular complexity index is 792. The van der Waals surface area contributed by atoms with Crippen molar-refractivity contribution in [2.45, 2.75) is 32.7 Å². The van der Waals surface area contributed by atoms with E-state index in [2.05, 4.69) is 50.4 Å². The van der Waals surface area contributed by atoms with Crippen LogP contribution in [-0.4, -0.2) is 53.9 Å². The maximum atomic E-state index is 12.2. The number of carbonyl (C=O) groups is 1. The number of benzene rings is 2. The molecule has 6 heteroatoms. The first-order chi connectivity index (χ1) is 13.8. The summed E-state index contributed by atoms with van der Waals surface area (Å²) in [5.41, 5.74) is 4.28. The van der Waals surface area contributed by atoms with Gasteiger partial charge in [-0.2, -0.15) is 0 Å². The molecular weight excluding hydrogens is 366 g/mol. The number of anilines is 2. The van der Waals surface area contributed by atoms with E-state index in [4.69, 9.17) is 4.74 Å². The third kappa shape index (κ3) is 6.29. The molecule has 0 radical (unpaired) electrons. The smallest absolute Gasteiger partial charge is 0.260 e. The standard InChI is InChI=1S/C23H31N3O3/c1-23(2,3)19-6-10-21(11-7-19)24-20-8-4-18(5-9-20)16-26(28)22(27)17-25-12-14-29-15-13-25/h4-11,24,28H,12-17H2,1-3H3. The summed E-state index contributed by atoms with van der Waals surface area (Å²) in [6, 6.07) is 16.2. The van der Waals surface area contributed by atoms with Crippen LogP contribution < -0.4 is 5.32 Å². The lowest BCUT2D eigenvalue weighted by Gasteiger charge is -2.27. The lowest BCUT2D eigenvalue weighted by atomic mass is 9.87. The third-order valence-electron chi connectivity index (χ3n) is 5.08. The summed E-state index contributed by atoms with van der Waals surface area (Å²) in [6.07, 6.45) is 0. The van der Waals surface area contributed by atoms with Gasteiger partial charge >= 0.3 is 0 Å². The van der Waals surface area contributed by atoms with Gasteiger partial charge in [0.15, 0.2) is 0 Å². The molecule has 0 spiro atoms. The molecule has 3 rings (SSSR count). The molecule has 1 fully saturated rings. The molecule has 2 aromatic carbocycles. The highest BCUT2D eigenvalue weighted by Crippen LogP contribution is 2.25. The largest absolute Gasteiger partial charge is 0.379 e. The first kappa shape index (κ1) is 21.3. The maximum Gasteiger partial charge on any atom is 0.260 e. The Morgan fingerprint density at radius 3 is 2.14 bits per heavy atom. The van der Waals surface area contributed by atoms with E-state index >= 15 is 0 Å². The molecule has 1 aliphatic rings. The second-order valence-electron chi connectivity index (χ2n) is 8.49. The lowest BCUT2D eigenvalue weighted by molar-refractivity contribution is -0.170. The van der Waals surface area contributed by atoms with Crippen LogP contribution in [0.5, 0.6) is 0 Å². The van der Waals surface area contributed by atoms with Crippen molar-refractivity contribution in [2.24, 2.45) is 0 Å². The van der Waals surface area contributed by atoms with E-state index in [-0.39, 0.29) is 24.4 Å². The number of hydrogen-bond donors (Lipinski definition) is 2. The molecule has 156 valence electrons. The van der Waals surface area contributed by atoms with Crippen molar-refractivity contribution in [1.29, 1.82) is 0 Å². The molecule has 6 nitrogen and oxygen atoms in total. The van der Waals surface area contributed by atoms with Crippen molar-refractivity contribution in [3.63, 3.8) is 0 Å². The van der Waals surface area contributed by atoms with Gasteiger partial charge in [0.1, 0.15) is 0 Å². The summed E-state index contributed by atoms with van der Waals surface area (Å²) >= 11 is 0. The van der Waals surface area contributed by atoms with E-state index < -0.39 is 0 Å². The predicted molar refractivity (Wildman–Crippen MR) is 114 cm³/mol. The molecule has 0 unspecified atom stereocenters. The van der Waals surface area contributed by atoms with Crippen molar-refractivity contribution in [3.8, 4) is 0 Å². The van der Waals surface area contributed by atoms with Crippen LogP contribution in [0.4, 0.5) is 11.4 Å². The Morgan fingerprint density at radius 1 is 1.03 bits per heavy atom. The van der Waals surface area contributed by atoms with E-state index in [1.54, 1.807) is 0 Å². The number of morpholine rings is 1. The fourth-order valence-electron chi connectivity index (χ4n) is 3.21. The monoisotopic (exact) mass is 397 g/mol. The lowest BCUT2D eigenvalue weighted by Crippen LogP contribution is -2.43. The summed E-state index contributed by atoms with van der Waals surface area (Å²) < 4.78 is 5.28. The molecule has 29 heavy (non-hydrogen) atoms.